The molecule has 0 spiro atoms. The molecule has 2 amide bonds. The molecule has 8 heteroatoms. The molecule has 0 bridgehead atoms. The predicted molar refractivity (Wildman–Crippen MR) is 121 cm³/mol. The molecule has 0 saturated heterocycles. The molecule has 0 radical (unpaired) electrons. The second kappa shape index (κ2) is 9.44. The minimum Gasteiger partial charge on any atom is -0.480 e. The van der Waals surface area contributed by atoms with Crippen LogP contribution in [0.25, 0.3) is 11.1 Å². The Morgan fingerprint density at radius 3 is 2.30 bits per heavy atom. The summed E-state index contributed by atoms with van der Waals surface area (Å²) in [4.78, 5) is 37.3. The van der Waals surface area contributed by atoms with Crippen LogP contribution in [0.4, 0.5) is 10.5 Å². The first kappa shape index (κ1) is 21.9. The second-order valence-electron chi connectivity index (χ2n) is 7.48. The number of carboxylic acids is 1. The van der Waals surface area contributed by atoms with Crippen LogP contribution in [0, 0.1) is 0 Å². The molecule has 33 heavy (non-hydrogen) atoms. The van der Waals surface area contributed by atoms with Crippen molar-refractivity contribution in [3.63, 3.8) is 0 Å². The van der Waals surface area contributed by atoms with Gasteiger partial charge in [0.2, 0.25) is 5.76 Å². The largest absolute Gasteiger partial charge is 0.480 e. The molecule has 0 aliphatic heterocycles. The Labute approximate surface area is 190 Å². The smallest absolute Gasteiger partial charge is 0.411 e. The van der Waals surface area contributed by atoms with Gasteiger partial charge in [0, 0.05) is 18.5 Å². The normalized spacial score (nSPS) is 11.9. The molecule has 0 saturated carbocycles. The van der Waals surface area contributed by atoms with Crippen molar-refractivity contribution in [2.24, 2.45) is 0 Å². The quantitative estimate of drug-likeness (QED) is 0.498. The SMILES string of the molecule is C=CCN(CC(=O)O)C(=O)c1occc1NC(=O)OCC1c2ccccc2-c2ccccc21. The summed E-state index contributed by atoms with van der Waals surface area (Å²) in [7, 11) is 0. The summed E-state index contributed by atoms with van der Waals surface area (Å²) < 4.78 is 10.7. The van der Waals surface area contributed by atoms with Gasteiger partial charge in [0.1, 0.15) is 13.2 Å². The van der Waals surface area contributed by atoms with Gasteiger partial charge in [-0.1, -0.05) is 54.6 Å². The minimum absolute atomic E-state index is 0.0101. The molecule has 4 rings (SSSR count). The topological polar surface area (TPSA) is 109 Å². The van der Waals surface area contributed by atoms with Crippen LogP contribution < -0.4 is 5.32 Å². The zero-order valence-electron chi connectivity index (χ0n) is 17.7. The lowest BCUT2D eigenvalue weighted by Gasteiger charge is -2.18. The highest BCUT2D eigenvalue weighted by Gasteiger charge is 2.29. The first-order chi connectivity index (χ1) is 16.0. The molecule has 1 aromatic heterocycles. The second-order valence-corrected chi connectivity index (χ2v) is 7.48. The third kappa shape index (κ3) is 4.50. The molecule has 168 valence electrons. The van der Waals surface area contributed by atoms with Crippen LogP contribution in [-0.4, -0.2) is 47.7 Å². The van der Waals surface area contributed by atoms with Crippen LogP contribution >= 0.6 is 0 Å². The fourth-order valence-corrected chi connectivity index (χ4v) is 4.00. The maximum absolute atomic E-state index is 12.7. The van der Waals surface area contributed by atoms with E-state index in [0.29, 0.717) is 0 Å². The Hall–Kier alpha value is -4.33. The van der Waals surface area contributed by atoms with Crippen molar-refractivity contribution in [3.8, 4) is 11.1 Å². The summed E-state index contributed by atoms with van der Waals surface area (Å²) in [6, 6.07) is 17.4. The number of rotatable bonds is 8. The van der Waals surface area contributed by atoms with E-state index in [-0.39, 0.29) is 30.5 Å². The number of carbonyl (C=O) groups excluding carboxylic acids is 2. The first-order valence-corrected chi connectivity index (χ1v) is 10.3. The Bertz CT molecular complexity index is 1170. The summed E-state index contributed by atoms with van der Waals surface area (Å²) >= 11 is 0. The molecule has 1 heterocycles. The maximum Gasteiger partial charge on any atom is 0.411 e. The number of nitrogens with zero attached hydrogens (tertiary/aromatic N) is 1. The number of furan rings is 1. The van der Waals surface area contributed by atoms with Gasteiger partial charge >= 0.3 is 12.1 Å². The van der Waals surface area contributed by atoms with Crippen molar-refractivity contribution in [1.29, 1.82) is 0 Å². The summed E-state index contributed by atoms with van der Waals surface area (Å²) in [5, 5.41) is 11.6. The van der Waals surface area contributed by atoms with Gasteiger partial charge in [0.05, 0.1) is 12.0 Å². The number of carboxylic acid groups (broad SMARTS) is 1. The van der Waals surface area contributed by atoms with Crippen molar-refractivity contribution < 1.29 is 28.6 Å². The van der Waals surface area contributed by atoms with Gasteiger partial charge in [-0.05, 0) is 22.3 Å². The Morgan fingerprint density at radius 1 is 1.06 bits per heavy atom. The van der Waals surface area contributed by atoms with E-state index < -0.39 is 24.5 Å². The average Bonchev–Trinajstić information content (AvgIpc) is 3.39. The predicted octanol–water partition coefficient (Wildman–Crippen LogP) is 4.35. The fraction of sp³-hybridized carbons (Fsp3) is 0.160. The van der Waals surface area contributed by atoms with Crippen molar-refractivity contribution >= 4 is 23.7 Å². The Balaban J connectivity index is 1.45. The number of aliphatic carboxylic acids is 1. The Kier molecular flexibility index (Phi) is 6.26. The number of hydrogen-bond acceptors (Lipinski definition) is 5. The molecule has 0 atom stereocenters. The highest BCUT2D eigenvalue weighted by Crippen LogP contribution is 2.44. The number of hydrogen-bond donors (Lipinski definition) is 2. The van der Waals surface area contributed by atoms with Crippen LogP contribution in [0.5, 0.6) is 0 Å². The summed E-state index contributed by atoms with van der Waals surface area (Å²) in [6.07, 6.45) is 1.89. The van der Waals surface area contributed by atoms with Gasteiger partial charge in [-0.15, -0.1) is 6.58 Å². The van der Waals surface area contributed by atoms with Crippen LogP contribution in [0.3, 0.4) is 0 Å². The van der Waals surface area contributed by atoms with Crippen molar-refractivity contribution in [2.45, 2.75) is 5.92 Å². The van der Waals surface area contributed by atoms with Crippen LogP contribution in [0.1, 0.15) is 27.6 Å². The lowest BCUT2D eigenvalue weighted by atomic mass is 9.98. The van der Waals surface area contributed by atoms with Crippen molar-refractivity contribution in [2.75, 3.05) is 25.0 Å². The molecule has 2 aromatic carbocycles. The number of carbonyl (C=O) groups is 3. The van der Waals surface area contributed by atoms with E-state index in [0.717, 1.165) is 27.2 Å². The third-order valence-corrected chi connectivity index (χ3v) is 5.40. The van der Waals surface area contributed by atoms with E-state index >= 15 is 0 Å². The van der Waals surface area contributed by atoms with E-state index in [2.05, 4.69) is 11.9 Å². The Morgan fingerprint density at radius 2 is 1.70 bits per heavy atom. The van der Waals surface area contributed by atoms with Crippen LogP contribution in [0.15, 0.2) is 77.9 Å². The van der Waals surface area contributed by atoms with E-state index in [1.54, 1.807) is 0 Å². The molecule has 1 aliphatic carbocycles. The zero-order valence-corrected chi connectivity index (χ0v) is 17.7. The van der Waals surface area contributed by atoms with E-state index in [4.69, 9.17) is 14.3 Å². The van der Waals surface area contributed by atoms with Crippen molar-refractivity contribution in [3.05, 3.63) is 90.4 Å². The molecular formula is C25H22N2O6. The molecule has 1 aliphatic rings. The number of benzene rings is 2. The summed E-state index contributed by atoms with van der Waals surface area (Å²) in [6.45, 7) is 3.12. The van der Waals surface area contributed by atoms with Crippen LogP contribution in [-0.2, 0) is 9.53 Å². The lowest BCUT2D eigenvalue weighted by Crippen LogP contribution is -2.36. The van der Waals surface area contributed by atoms with Crippen LogP contribution in [0.2, 0.25) is 0 Å². The number of anilines is 1. The van der Waals surface area contributed by atoms with Gasteiger partial charge in [-0.3, -0.25) is 14.9 Å². The zero-order chi connectivity index (χ0) is 23.4. The van der Waals surface area contributed by atoms with E-state index in [1.807, 2.05) is 48.5 Å². The monoisotopic (exact) mass is 446 g/mol. The molecule has 2 N–H and O–H groups in total. The molecule has 8 nitrogen and oxygen atoms in total. The summed E-state index contributed by atoms with van der Waals surface area (Å²) in [5.74, 6) is -2.15. The standard InChI is InChI=1S/C25H22N2O6/c1-2-12-27(14-22(28)29)24(30)23-21(11-13-32-23)26-25(31)33-15-20-18-9-5-3-7-16(18)17-8-4-6-10-19(17)20/h2-11,13,20H,1,12,14-15H2,(H,26,31)(H,28,29). The molecule has 0 fully saturated rings. The van der Waals surface area contributed by atoms with Gasteiger partial charge in [-0.25, -0.2) is 4.79 Å². The highest BCUT2D eigenvalue weighted by atomic mass is 16.5. The fourth-order valence-electron chi connectivity index (χ4n) is 4.00. The molecule has 3 aromatic rings. The highest BCUT2D eigenvalue weighted by molar-refractivity contribution is 6.01. The molecular weight excluding hydrogens is 424 g/mol. The minimum atomic E-state index is -1.18. The van der Waals surface area contributed by atoms with E-state index in [1.165, 1.54) is 18.4 Å². The number of nitrogens with one attached hydrogen (secondary N) is 1. The number of fused-ring (bicyclic) bond motifs is 3. The lowest BCUT2D eigenvalue weighted by molar-refractivity contribution is -0.137. The molecule has 0 unspecified atom stereocenters. The maximum atomic E-state index is 12.7. The number of ether oxygens (including phenoxy) is 1. The van der Waals surface area contributed by atoms with Gasteiger partial charge in [0.15, 0.2) is 0 Å². The van der Waals surface area contributed by atoms with E-state index in [9.17, 15) is 14.4 Å². The van der Waals surface area contributed by atoms with Gasteiger partial charge in [-0.2, -0.15) is 0 Å². The summed E-state index contributed by atoms with van der Waals surface area (Å²) in [5.41, 5.74) is 4.49. The first-order valence-electron chi connectivity index (χ1n) is 10.3. The third-order valence-electron chi connectivity index (χ3n) is 5.40. The average molecular weight is 446 g/mol. The van der Waals surface area contributed by atoms with Gasteiger partial charge in [0.25, 0.3) is 5.91 Å². The van der Waals surface area contributed by atoms with Crippen molar-refractivity contribution in [1.82, 2.24) is 4.90 Å². The number of amides is 2. The van der Waals surface area contributed by atoms with Gasteiger partial charge < -0.3 is 19.2 Å².